The molecule has 17 heteroatoms. The number of aliphatic hydroxyl groups is 2. The number of rotatable bonds is 7. The average Bonchev–Trinajstić information content (AvgIpc) is 3.88. The topological polar surface area (TPSA) is 219 Å². The van der Waals surface area contributed by atoms with E-state index in [1.807, 2.05) is 58.1 Å². The van der Waals surface area contributed by atoms with Crippen molar-refractivity contribution in [2.45, 2.75) is 180 Å². The second kappa shape index (κ2) is 25.7. The van der Waals surface area contributed by atoms with Crippen LogP contribution < -0.4 is 0 Å². The van der Waals surface area contributed by atoms with Gasteiger partial charge < -0.3 is 38.8 Å². The van der Waals surface area contributed by atoms with E-state index in [-0.39, 0.29) is 60.9 Å². The Morgan fingerprint density at radius 2 is 1.64 bits per heavy atom. The van der Waals surface area contributed by atoms with Gasteiger partial charge in [0.2, 0.25) is 5.79 Å². The third kappa shape index (κ3) is 14.2. The quantitative estimate of drug-likeness (QED) is 0.181. The van der Waals surface area contributed by atoms with Crippen LogP contribution in [0.4, 0.5) is 0 Å². The van der Waals surface area contributed by atoms with Crippen molar-refractivity contribution in [2.24, 2.45) is 35.5 Å². The zero-order chi connectivity index (χ0) is 50.6. The predicted octanol–water partition coefficient (Wildman–Crippen LogP) is 6.05. The molecule has 1 saturated carbocycles. The molecule has 3 fully saturated rings. The number of Topliss-reactive ketones (excluding diaryl/α,β-unsaturated/α-hetero) is 3. The van der Waals surface area contributed by atoms with Gasteiger partial charge in [-0.2, -0.15) is 0 Å². The van der Waals surface area contributed by atoms with Crippen molar-refractivity contribution in [1.29, 1.82) is 0 Å². The number of piperidine rings is 1. The van der Waals surface area contributed by atoms with E-state index in [0.29, 0.717) is 56.9 Å². The monoisotopic (exact) mass is 966 g/mol. The zero-order valence-corrected chi connectivity index (χ0v) is 42.5. The number of ketones is 3. The van der Waals surface area contributed by atoms with Crippen LogP contribution in [0, 0.1) is 35.5 Å². The second-order valence-electron chi connectivity index (χ2n) is 20.4. The second-order valence-corrected chi connectivity index (χ2v) is 20.4. The van der Waals surface area contributed by atoms with Crippen molar-refractivity contribution < 1.29 is 57.9 Å². The SMILES string of the molecule is CO[C@H]1C[C@@H]2CC[C@@H](C)[C@@](O)(O2)C(=O)C(=O)N2CCCCC2C(=O)O[C@H]([C@H](C)CC2CC[C@@H](n3cnnn3)[C@H](OC)C2)CC(=O)[C@H](C)/C=C(\C)[C@@H](O)[C@@H](OC)C(=O)[C@@H](C)C[C@H](C)/C=C/C=CC=C1C. The summed E-state index contributed by atoms with van der Waals surface area (Å²) in [7, 11) is 4.62. The summed E-state index contributed by atoms with van der Waals surface area (Å²) in [5, 5.41) is 35.2. The third-order valence-corrected chi connectivity index (χ3v) is 15.2. The highest BCUT2D eigenvalue weighted by atomic mass is 16.6. The van der Waals surface area contributed by atoms with E-state index < -0.39 is 77.8 Å². The molecule has 3 aliphatic heterocycles. The first kappa shape index (κ1) is 55.7. The lowest BCUT2D eigenvalue weighted by atomic mass is 9.77. The molecule has 15 atom stereocenters. The van der Waals surface area contributed by atoms with Crippen LogP contribution >= 0.6 is 0 Å². The first-order valence-corrected chi connectivity index (χ1v) is 25.0. The van der Waals surface area contributed by atoms with Gasteiger partial charge in [0, 0.05) is 58.5 Å². The van der Waals surface area contributed by atoms with Crippen molar-refractivity contribution in [3.8, 4) is 0 Å². The molecule has 0 spiro atoms. The van der Waals surface area contributed by atoms with Gasteiger partial charge in [0.1, 0.15) is 36.5 Å². The van der Waals surface area contributed by atoms with Crippen LogP contribution in [-0.4, -0.2) is 141 Å². The normalized spacial score (nSPS) is 37.5. The number of allylic oxidation sites excluding steroid dienone is 6. The third-order valence-electron chi connectivity index (χ3n) is 15.2. The molecule has 2 N–H and O–H groups in total. The molecular formula is C52H79N5O12. The number of esters is 1. The molecule has 2 bridgehead atoms. The maximum absolute atomic E-state index is 14.5. The smallest absolute Gasteiger partial charge is 0.329 e. The lowest BCUT2D eigenvalue weighted by molar-refractivity contribution is -0.265. The van der Waals surface area contributed by atoms with Gasteiger partial charge in [-0.3, -0.25) is 19.2 Å². The van der Waals surface area contributed by atoms with Gasteiger partial charge in [-0.25, -0.2) is 9.48 Å². The van der Waals surface area contributed by atoms with Crippen molar-refractivity contribution in [3.05, 3.63) is 53.9 Å². The van der Waals surface area contributed by atoms with E-state index in [4.69, 9.17) is 23.7 Å². The molecular weight excluding hydrogens is 887 g/mol. The van der Waals surface area contributed by atoms with E-state index in [1.54, 1.807) is 52.1 Å². The van der Waals surface area contributed by atoms with Crippen molar-refractivity contribution in [2.75, 3.05) is 27.9 Å². The van der Waals surface area contributed by atoms with Crippen LogP contribution in [-0.2, 0) is 47.7 Å². The van der Waals surface area contributed by atoms with Gasteiger partial charge in [0.25, 0.3) is 11.7 Å². The minimum Gasteiger partial charge on any atom is -0.460 e. The van der Waals surface area contributed by atoms with Crippen LogP contribution in [0.1, 0.15) is 132 Å². The Labute approximate surface area is 408 Å². The summed E-state index contributed by atoms with van der Waals surface area (Å²) in [5.74, 6) is -7.92. The number of hydrogen-bond acceptors (Lipinski definition) is 15. The predicted molar refractivity (Wildman–Crippen MR) is 256 cm³/mol. The van der Waals surface area contributed by atoms with E-state index in [0.717, 1.165) is 18.4 Å². The standard InChI is InChI=1S/C52H79N5O12/c1-31-16-12-11-13-17-32(2)43(65-8)28-39-21-19-37(7)52(64,69-39)49(61)50(62)56-23-15-14-18-41(56)51(63)68-44(34(4)26-38-20-22-40(45(27-38)66-9)57-30-53-54-55-57)29-42(58)33(3)25-36(6)47(60)48(67-10)46(59)35(5)24-31/h11-13,16-17,25,30-31,33-35,37-41,43-45,47-48,60,64H,14-15,18-24,26-29H2,1-10H3/b13-11?,16-12+,32-17?,36-25+/t31-,33-,34-,35+,37-,38?,39+,40-,41?,43+,44+,45-,47-,48+,52-/m1/s1. The summed E-state index contributed by atoms with van der Waals surface area (Å²) in [4.78, 5) is 72.3. The highest BCUT2D eigenvalue weighted by molar-refractivity contribution is 6.39. The minimum atomic E-state index is -2.43. The van der Waals surface area contributed by atoms with Crippen molar-refractivity contribution in [3.63, 3.8) is 0 Å². The van der Waals surface area contributed by atoms with Gasteiger partial charge in [-0.05, 0) is 117 Å². The molecule has 2 unspecified atom stereocenters. The van der Waals surface area contributed by atoms with E-state index in [1.165, 1.54) is 12.0 Å². The fraction of sp³-hybridized carbons (Fsp3) is 0.731. The fourth-order valence-corrected chi connectivity index (χ4v) is 10.7. The summed E-state index contributed by atoms with van der Waals surface area (Å²) in [6, 6.07) is -1.19. The molecule has 0 aromatic carbocycles. The zero-order valence-electron chi connectivity index (χ0n) is 42.5. The largest absolute Gasteiger partial charge is 0.460 e. The van der Waals surface area contributed by atoms with Crippen LogP contribution in [0.25, 0.3) is 0 Å². The molecule has 384 valence electrons. The van der Waals surface area contributed by atoms with Crippen molar-refractivity contribution in [1.82, 2.24) is 25.1 Å². The van der Waals surface area contributed by atoms with Crippen LogP contribution in [0.3, 0.4) is 0 Å². The maximum Gasteiger partial charge on any atom is 0.329 e. The number of tetrazole rings is 1. The van der Waals surface area contributed by atoms with Gasteiger partial charge in [-0.1, -0.05) is 71.1 Å². The number of ether oxygens (including phenoxy) is 5. The number of amides is 1. The first-order valence-electron chi connectivity index (χ1n) is 25.0. The Bertz CT molecular complexity index is 2020. The van der Waals surface area contributed by atoms with Crippen LogP contribution in [0.15, 0.2) is 53.9 Å². The Morgan fingerprint density at radius 3 is 2.32 bits per heavy atom. The number of fused-ring (bicyclic) bond motifs is 3. The lowest BCUT2D eigenvalue weighted by Crippen LogP contribution is -2.61. The maximum atomic E-state index is 14.5. The van der Waals surface area contributed by atoms with E-state index in [2.05, 4.69) is 15.5 Å². The molecule has 17 nitrogen and oxygen atoms in total. The molecule has 69 heavy (non-hydrogen) atoms. The Morgan fingerprint density at radius 1 is 0.884 bits per heavy atom. The fourth-order valence-electron chi connectivity index (χ4n) is 10.7. The van der Waals surface area contributed by atoms with Crippen LogP contribution in [0.2, 0.25) is 0 Å². The lowest BCUT2D eigenvalue weighted by Gasteiger charge is -2.42. The van der Waals surface area contributed by atoms with Crippen LogP contribution in [0.5, 0.6) is 0 Å². The van der Waals surface area contributed by atoms with Gasteiger partial charge in [-0.15, -0.1) is 5.10 Å². The molecule has 4 aliphatic rings. The number of aromatic nitrogens is 4. The highest BCUT2D eigenvalue weighted by Crippen LogP contribution is 2.39. The van der Waals surface area contributed by atoms with Gasteiger partial charge in [0.15, 0.2) is 5.78 Å². The highest BCUT2D eigenvalue weighted by Gasteiger charge is 2.53. The minimum absolute atomic E-state index is 0.0170. The number of hydrogen-bond donors (Lipinski definition) is 2. The number of methoxy groups -OCH3 is 3. The van der Waals surface area contributed by atoms with Gasteiger partial charge in [0.05, 0.1) is 24.4 Å². The summed E-state index contributed by atoms with van der Waals surface area (Å²) < 4.78 is 31.6. The average molecular weight is 966 g/mol. The number of aliphatic hydroxyl groups excluding tert-OH is 1. The van der Waals surface area contributed by atoms with Gasteiger partial charge >= 0.3 is 5.97 Å². The molecule has 2 saturated heterocycles. The van der Waals surface area contributed by atoms with E-state index >= 15 is 0 Å². The number of carbonyl (C=O) groups excluding carboxylic acids is 5. The molecule has 1 aromatic rings. The summed E-state index contributed by atoms with van der Waals surface area (Å²) in [5.41, 5.74) is 1.27. The number of nitrogens with zero attached hydrogens (tertiary/aromatic N) is 5. The molecule has 1 aromatic heterocycles. The molecule has 5 rings (SSSR count). The molecule has 4 heterocycles. The Balaban J connectivity index is 1.46. The first-order chi connectivity index (χ1) is 32.8. The summed E-state index contributed by atoms with van der Waals surface area (Å²) in [6.07, 6.45) is 13.9. The summed E-state index contributed by atoms with van der Waals surface area (Å²) in [6.45, 7) is 12.8. The number of cyclic esters (lactones) is 1. The Kier molecular flexibility index (Phi) is 20.8. The molecule has 0 radical (unpaired) electrons. The Hall–Kier alpha value is -4.26. The molecule has 1 amide bonds. The van der Waals surface area contributed by atoms with Crippen molar-refractivity contribution >= 4 is 29.2 Å². The summed E-state index contributed by atoms with van der Waals surface area (Å²) >= 11 is 0. The molecule has 1 aliphatic carbocycles. The number of carbonyl (C=O) groups is 5. The van der Waals surface area contributed by atoms with E-state index in [9.17, 15) is 34.2 Å².